The summed E-state index contributed by atoms with van der Waals surface area (Å²) in [6.45, 7) is 6.54. The highest BCUT2D eigenvalue weighted by molar-refractivity contribution is 7.89. The first kappa shape index (κ1) is 28.5. The minimum Gasteiger partial charge on any atom is -0.494 e. The summed E-state index contributed by atoms with van der Waals surface area (Å²) in [6, 6.07) is 22.6. The zero-order chi connectivity index (χ0) is 28.0. The summed E-state index contributed by atoms with van der Waals surface area (Å²) in [5.74, 6) is -0.0562. The third kappa shape index (κ3) is 6.58. The maximum atomic E-state index is 13.3. The molecule has 3 aromatic carbocycles. The molecule has 0 fully saturated rings. The zero-order valence-electron chi connectivity index (χ0n) is 23.2. The lowest BCUT2D eigenvalue weighted by atomic mass is 10.0. The molecule has 39 heavy (non-hydrogen) atoms. The number of hydrogen-bond acceptors (Lipinski definition) is 5. The molecule has 4 aromatic rings. The lowest BCUT2D eigenvalue weighted by molar-refractivity contribution is 0.327. The summed E-state index contributed by atoms with van der Waals surface area (Å²) in [7, 11) is 0.0279. The summed E-state index contributed by atoms with van der Waals surface area (Å²) in [5, 5.41) is 11.7. The second kappa shape index (κ2) is 12.6. The number of benzene rings is 3. The van der Waals surface area contributed by atoms with Gasteiger partial charge < -0.3 is 15.0 Å². The largest absolute Gasteiger partial charge is 0.494 e. The van der Waals surface area contributed by atoms with E-state index in [1.165, 1.54) is 9.87 Å². The van der Waals surface area contributed by atoms with Crippen molar-refractivity contribution in [2.45, 2.75) is 44.6 Å². The van der Waals surface area contributed by atoms with Crippen molar-refractivity contribution in [3.8, 4) is 5.88 Å². The molecule has 0 spiro atoms. The van der Waals surface area contributed by atoms with Crippen molar-refractivity contribution >= 4 is 32.3 Å². The van der Waals surface area contributed by atoms with Gasteiger partial charge in [-0.25, -0.2) is 17.7 Å². The molecule has 0 aliphatic rings. The molecule has 1 heterocycles. The third-order valence-electron chi connectivity index (χ3n) is 6.80. The van der Waals surface area contributed by atoms with Crippen molar-refractivity contribution in [1.29, 1.82) is 0 Å². The molecule has 4 rings (SSSR count). The van der Waals surface area contributed by atoms with Gasteiger partial charge >= 0.3 is 0 Å². The van der Waals surface area contributed by atoms with Crippen LogP contribution in [0.3, 0.4) is 0 Å². The molecular formula is C31H38N4O3S. The molecule has 0 atom stereocenters. The first-order valence-electron chi connectivity index (χ1n) is 13.5. The highest BCUT2D eigenvalue weighted by Gasteiger charge is 2.24. The Kier molecular flexibility index (Phi) is 9.22. The number of aliphatic imine (C=N–C) groups is 1. The van der Waals surface area contributed by atoms with Crippen molar-refractivity contribution in [3.05, 3.63) is 89.5 Å². The monoisotopic (exact) mass is 546 g/mol. The van der Waals surface area contributed by atoms with Gasteiger partial charge in [0.25, 0.3) is 0 Å². The normalized spacial score (nSPS) is 12.6. The van der Waals surface area contributed by atoms with E-state index in [1.807, 2.05) is 49.4 Å². The number of unbranched alkanes of at least 4 members (excludes halogenated alkanes) is 1. The number of nitrogens with zero attached hydrogens (tertiary/aromatic N) is 3. The average molecular weight is 547 g/mol. The first-order chi connectivity index (χ1) is 18.7. The van der Waals surface area contributed by atoms with Crippen LogP contribution in [0.5, 0.6) is 5.88 Å². The van der Waals surface area contributed by atoms with E-state index in [1.54, 1.807) is 25.2 Å². The van der Waals surface area contributed by atoms with E-state index in [-0.39, 0.29) is 10.8 Å². The Bertz CT molecular complexity index is 1530. The molecule has 0 bridgehead atoms. The molecule has 0 saturated carbocycles. The molecule has 0 aliphatic carbocycles. The lowest BCUT2D eigenvalue weighted by Gasteiger charge is -2.17. The second-order valence-electron chi connectivity index (χ2n) is 9.97. The smallest absolute Gasteiger partial charge is 0.242 e. The number of rotatable bonds is 12. The number of hydrogen-bond donors (Lipinski definition) is 2. The van der Waals surface area contributed by atoms with Gasteiger partial charge in [0.15, 0.2) is 5.88 Å². The maximum Gasteiger partial charge on any atom is 0.242 e. The van der Waals surface area contributed by atoms with E-state index < -0.39 is 10.0 Å². The number of aromatic amines is 1. The van der Waals surface area contributed by atoms with E-state index in [2.05, 4.69) is 36.0 Å². The van der Waals surface area contributed by atoms with E-state index in [9.17, 15) is 13.5 Å². The van der Waals surface area contributed by atoms with Gasteiger partial charge in [0.2, 0.25) is 10.0 Å². The molecule has 1 aromatic heterocycles. The van der Waals surface area contributed by atoms with Crippen LogP contribution in [-0.2, 0) is 16.6 Å². The van der Waals surface area contributed by atoms with Crippen LogP contribution in [0.15, 0.2) is 82.7 Å². The van der Waals surface area contributed by atoms with E-state index >= 15 is 0 Å². The number of H-pyrrole nitrogens is 1. The summed E-state index contributed by atoms with van der Waals surface area (Å²) >= 11 is 0. The molecule has 0 amide bonds. The number of aromatic nitrogens is 1. The minimum atomic E-state index is -3.68. The minimum absolute atomic E-state index is 0.0562. The van der Waals surface area contributed by atoms with Gasteiger partial charge in [0, 0.05) is 36.6 Å². The SMILES string of the molecule is CCCCN(C)S(=O)(=O)c1ccc2[nH]c(O)c(C(=Nc3ccc(CN(C)CCC)cc3)c3ccccc3)c2c1. The van der Waals surface area contributed by atoms with Gasteiger partial charge in [-0.3, -0.25) is 0 Å². The van der Waals surface area contributed by atoms with Gasteiger partial charge in [0.05, 0.1) is 21.9 Å². The van der Waals surface area contributed by atoms with Gasteiger partial charge in [-0.15, -0.1) is 0 Å². The van der Waals surface area contributed by atoms with Gasteiger partial charge in [-0.1, -0.05) is 62.7 Å². The Balaban J connectivity index is 1.80. The number of nitrogens with one attached hydrogen (secondary N) is 1. The molecule has 206 valence electrons. The molecule has 7 nitrogen and oxygen atoms in total. The fourth-order valence-electron chi connectivity index (χ4n) is 4.68. The van der Waals surface area contributed by atoms with E-state index in [0.29, 0.717) is 28.7 Å². The quantitative estimate of drug-likeness (QED) is 0.204. The van der Waals surface area contributed by atoms with Crippen molar-refractivity contribution in [1.82, 2.24) is 14.2 Å². The van der Waals surface area contributed by atoms with Crippen LogP contribution in [0, 0.1) is 0 Å². The van der Waals surface area contributed by atoms with E-state index in [4.69, 9.17) is 4.99 Å². The average Bonchev–Trinajstić information content (AvgIpc) is 3.26. The summed E-state index contributed by atoms with van der Waals surface area (Å²) in [4.78, 5) is 10.4. The Labute approximate surface area is 231 Å². The highest BCUT2D eigenvalue weighted by atomic mass is 32.2. The Morgan fingerprint density at radius 1 is 0.923 bits per heavy atom. The Morgan fingerprint density at radius 2 is 1.64 bits per heavy atom. The number of fused-ring (bicyclic) bond motifs is 1. The lowest BCUT2D eigenvalue weighted by Crippen LogP contribution is -2.27. The molecule has 2 N–H and O–H groups in total. The summed E-state index contributed by atoms with van der Waals surface area (Å²) in [5.41, 5.74) is 4.42. The predicted octanol–water partition coefficient (Wildman–Crippen LogP) is 6.31. The second-order valence-corrected chi connectivity index (χ2v) is 12.0. The van der Waals surface area contributed by atoms with Crippen LogP contribution in [0.1, 0.15) is 49.8 Å². The molecule has 0 aliphatic heterocycles. The van der Waals surface area contributed by atoms with Gasteiger partial charge in [-0.2, -0.15) is 0 Å². The topological polar surface area (TPSA) is 89.0 Å². The first-order valence-corrected chi connectivity index (χ1v) is 14.9. The van der Waals surface area contributed by atoms with Gasteiger partial charge in [0.1, 0.15) is 0 Å². The van der Waals surface area contributed by atoms with Gasteiger partial charge in [-0.05, 0) is 62.3 Å². The van der Waals surface area contributed by atoms with Crippen LogP contribution < -0.4 is 0 Å². The van der Waals surface area contributed by atoms with Crippen LogP contribution in [0.2, 0.25) is 0 Å². The zero-order valence-corrected chi connectivity index (χ0v) is 24.0. The summed E-state index contributed by atoms with van der Waals surface area (Å²) < 4.78 is 28.0. The van der Waals surface area contributed by atoms with Crippen molar-refractivity contribution < 1.29 is 13.5 Å². The Morgan fingerprint density at radius 3 is 2.31 bits per heavy atom. The van der Waals surface area contributed by atoms with Crippen LogP contribution >= 0.6 is 0 Å². The van der Waals surface area contributed by atoms with Crippen molar-refractivity contribution in [2.24, 2.45) is 4.99 Å². The van der Waals surface area contributed by atoms with Crippen LogP contribution in [0.25, 0.3) is 10.9 Å². The Hall–Kier alpha value is -3.46. The number of aromatic hydroxyl groups is 1. The number of sulfonamides is 1. The fourth-order valence-corrected chi connectivity index (χ4v) is 5.91. The molecule has 0 saturated heterocycles. The molecular weight excluding hydrogens is 508 g/mol. The fraction of sp³-hybridized carbons (Fsp3) is 0.323. The van der Waals surface area contributed by atoms with Crippen molar-refractivity contribution in [3.63, 3.8) is 0 Å². The summed E-state index contributed by atoms with van der Waals surface area (Å²) in [6.07, 6.45) is 2.79. The maximum absolute atomic E-state index is 13.3. The highest BCUT2D eigenvalue weighted by Crippen LogP contribution is 2.33. The van der Waals surface area contributed by atoms with E-state index in [0.717, 1.165) is 43.6 Å². The van der Waals surface area contributed by atoms with Crippen LogP contribution in [-0.4, -0.2) is 60.6 Å². The standard InChI is InChI=1S/C31H38N4O3S/c1-5-7-20-35(4)39(37,38)26-17-18-28-27(21-26)29(31(36)33-28)30(24-11-9-8-10-12-24)32-25-15-13-23(14-16-25)22-34(3)19-6-2/h8-18,21,33,36H,5-7,19-20,22H2,1-4H3. The van der Waals surface area contributed by atoms with Crippen LogP contribution in [0.4, 0.5) is 5.69 Å². The molecule has 8 heteroatoms. The molecule has 0 unspecified atom stereocenters. The predicted molar refractivity (Wildman–Crippen MR) is 159 cm³/mol. The third-order valence-corrected chi connectivity index (χ3v) is 8.66. The molecule has 0 radical (unpaired) electrons. The van der Waals surface area contributed by atoms with Crippen molar-refractivity contribution in [2.75, 3.05) is 27.2 Å².